The molecule has 0 saturated heterocycles. The number of aryl methyl sites for hydroxylation is 2. The molecule has 2 aromatic rings. The summed E-state index contributed by atoms with van der Waals surface area (Å²) >= 11 is 0. The zero-order chi connectivity index (χ0) is 15.2. The Morgan fingerprint density at radius 1 is 1.48 bits per heavy atom. The van der Waals surface area contributed by atoms with Crippen molar-refractivity contribution in [1.82, 2.24) is 20.1 Å². The Bertz CT molecular complexity index is 630. The third-order valence-corrected chi connectivity index (χ3v) is 3.24. The first-order valence-electron chi connectivity index (χ1n) is 6.72. The second-order valence-electron chi connectivity index (χ2n) is 4.80. The third-order valence-electron chi connectivity index (χ3n) is 3.24. The van der Waals surface area contributed by atoms with Gasteiger partial charge in [-0.05, 0) is 37.5 Å². The molecule has 7 nitrogen and oxygen atoms in total. The number of hydrogen-bond donors (Lipinski definition) is 3. The molecule has 0 aliphatic carbocycles. The van der Waals surface area contributed by atoms with Crippen molar-refractivity contribution < 1.29 is 14.7 Å². The first kappa shape index (κ1) is 14.8. The number of rotatable bonds is 7. The highest BCUT2D eigenvalue weighted by atomic mass is 16.4. The van der Waals surface area contributed by atoms with Crippen LogP contribution >= 0.6 is 0 Å². The SMILES string of the molecule is Cc1[nH]ncc1CCCNC(=O)Cn1cccc1C(=O)O. The van der Waals surface area contributed by atoms with E-state index in [0.29, 0.717) is 6.54 Å². The Morgan fingerprint density at radius 3 is 2.95 bits per heavy atom. The van der Waals surface area contributed by atoms with Gasteiger partial charge in [-0.15, -0.1) is 0 Å². The summed E-state index contributed by atoms with van der Waals surface area (Å²) in [5.74, 6) is -1.24. The number of carbonyl (C=O) groups excluding carboxylic acids is 1. The molecule has 7 heteroatoms. The Balaban J connectivity index is 1.74. The molecule has 0 fully saturated rings. The number of hydrogen-bond acceptors (Lipinski definition) is 3. The molecule has 0 unspecified atom stereocenters. The van der Waals surface area contributed by atoms with Crippen molar-refractivity contribution in [3.8, 4) is 0 Å². The summed E-state index contributed by atoms with van der Waals surface area (Å²) in [6.07, 6.45) is 5.02. The number of carboxylic acids is 1. The molecule has 2 aromatic heterocycles. The number of carbonyl (C=O) groups is 2. The molecule has 112 valence electrons. The third kappa shape index (κ3) is 3.95. The van der Waals surface area contributed by atoms with Gasteiger partial charge in [0.05, 0.1) is 6.20 Å². The fourth-order valence-electron chi connectivity index (χ4n) is 2.09. The van der Waals surface area contributed by atoms with Gasteiger partial charge in [-0.3, -0.25) is 9.89 Å². The van der Waals surface area contributed by atoms with E-state index >= 15 is 0 Å². The lowest BCUT2D eigenvalue weighted by Crippen LogP contribution is -2.29. The maximum atomic E-state index is 11.8. The Hall–Kier alpha value is -2.57. The van der Waals surface area contributed by atoms with Crippen molar-refractivity contribution >= 4 is 11.9 Å². The van der Waals surface area contributed by atoms with Crippen molar-refractivity contribution in [2.75, 3.05) is 6.54 Å². The quantitative estimate of drug-likeness (QED) is 0.661. The van der Waals surface area contributed by atoms with Crippen molar-refractivity contribution in [2.24, 2.45) is 0 Å². The van der Waals surface area contributed by atoms with E-state index in [1.807, 2.05) is 6.92 Å². The van der Waals surface area contributed by atoms with Gasteiger partial charge in [-0.1, -0.05) is 0 Å². The minimum atomic E-state index is -1.04. The molecule has 0 spiro atoms. The van der Waals surface area contributed by atoms with Crippen LogP contribution in [0, 0.1) is 6.92 Å². The van der Waals surface area contributed by atoms with Crippen molar-refractivity contribution in [3.63, 3.8) is 0 Å². The van der Waals surface area contributed by atoms with E-state index in [0.717, 1.165) is 24.1 Å². The molecular formula is C14H18N4O3. The molecule has 0 radical (unpaired) electrons. The van der Waals surface area contributed by atoms with Crippen LogP contribution in [-0.2, 0) is 17.8 Å². The Kier molecular flexibility index (Phi) is 4.76. The van der Waals surface area contributed by atoms with Crippen LogP contribution in [0.3, 0.4) is 0 Å². The number of amides is 1. The fourth-order valence-corrected chi connectivity index (χ4v) is 2.09. The lowest BCUT2D eigenvalue weighted by atomic mass is 10.1. The van der Waals surface area contributed by atoms with Crippen LogP contribution in [0.5, 0.6) is 0 Å². The molecular weight excluding hydrogens is 272 g/mol. The van der Waals surface area contributed by atoms with Crippen LogP contribution < -0.4 is 5.32 Å². The van der Waals surface area contributed by atoms with Crippen molar-refractivity contribution in [1.29, 1.82) is 0 Å². The molecule has 1 amide bonds. The van der Waals surface area contributed by atoms with Crippen molar-refractivity contribution in [3.05, 3.63) is 41.5 Å². The summed E-state index contributed by atoms with van der Waals surface area (Å²) in [4.78, 5) is 22.7. The van der Waals surface area contributed by atoms with Crippen molar-refractivity contribution in [2.45, 2.75) is 26.3 Å². The molecule has 0 atom stereocenters. The van der Waals surface area contributed by atoms with Gasteiger partial charge in [0.1, 0.15) is 12.2 Å². The molecule has 0 bridgehead atoms. The largest absolute Gasteiger partial charge is 0.477 e. The van der Waals surface area contributed by atoms with E-state index in [-0.39, 0.29) is 18.1 Å². The van der Waals surface area contributed by atoms with E-state index in [9.17, 15) is 9.59 Å². The molecule has 0 aliphatic rings. The topological polar surface area (TPSA) is 100 Å². The van der Waals surface area contributed by atoms with E-state index in [4.69, 9.17) is 5.11 Å². The fraction of sp³-hybridized carbons (Fsp3) is 0.357. The summed E-state index contributed by atoms with van der Waals surface area (Å²) in [5, 5.41) is 18.5. The average molecular weight is 290 g/mol. The predicted octanol–water partition coefficient (Wildman–Crippen LogP) is 0.967. The first-order chi connectivity index (χ1) is 10.1. The van der Waals surface area contributed by atoms with Crippen LogP contribution in [0.15, 0.2) is 24.5 Å². The summed E-state index contributed by atoms with van der Waals surface area (Å²) < 4.78 is 1.41. The predicted molar refractivity (Wildman–Crippen MR) is 76.0 cm³/mol. The van der Waals surface area contributed by atoms with E-state index in [1.165, 1.54) is 10.6 Å². The Labute approximate surface area is 122 Å². The summed E-state index contributed by atoms with van der Waals surface area (Å²) in [6, 6.07) is 3.08. The van der Waals surface area contributed by atoms with Crippen LogP contribution in [0.25, 0.3) is 0 Å². The summed E-state index contributed by atoms with van der Waals surface area (Å²) in [6.45, 7) is 2.52. The number of aromatic carboxylic acids is 1. The lowest BCUT2D eigenvalue weighted by Gasteiger charge is -2.07. The maximum Gasteiger partial charge on any atom is 0.352 e. The summed E-state index contributed by atoms with van der Waals surface area (Å²) in [7, 11) is 0. The molecule has 0 aromatic carbocycles. The normalized spacial score (nSPS) is 10.5. The summed E-state index contributed by atoms with van der Waals surface area (Å²) in [5.41, 5.74) is 2.29. The lowest BCUT2D eigenvalue weighted by molar-refractivity contribution is -0.121. The second-order valence-corrected chi connectivity index (χ2v) is 4.80. The molecule has 0 saturated carbocycles. The van der Waals surface area contributed by atoms with Gasteiger partial charge in [-0.25, -0.2) is 4.79 Å². The molecule has 3 N–H and O–H groups in total. The standard InChI is InChI=1S/C14H18N4O3/c1-10-11(8-16-17-10)4-2-6-15-13(19)9-18-7-3-5-12(18)14(20)21/h3,5,7-8H,2,4,6,9H2,1H3,(H,15,19)(H,16,17)(H,20,21). The van der Waals surface area contributed by atoms with Gasteiger partial charge in [0.15, 0.2) is 0 Å². The molecule has 21 heavy (non-hydrogen) atoms. The van der Waals surface area contributed by atoms with Crippen LogP contribution in [0.4, 0.5) is 0 Å². The van der Waals surface area contributed by atoms with Gasteiger partial charge in [0.2, 0.25) is 5.91 Å². The Morgan fingerprint density at radius 2 is 2.29 bits per heavy atom. The number of aromatic amines is 1. The van der Waals surface area contributed by atoms with Crippen LogP contribution in [0.2, 0.25) is 0 Å². The molecule has 2 rings (SSSR count). The zero-order valence-corrected chi connectivity index (χ0v) is 11.8. The van der Waals surface area contributed by atoms with Crippen LogP contribution in [-0.4, -0.2) is 38.3 Å². The van der Waals surface area contributed by atoms with E-state index in [1.54, 1.807) is 18.5 Å². The minimum absolute atomic E-state index is 0.0133. The highest BCUT2D eigenvalue weighted by molar-refractivity contribution is 5.86. The minimum Gasteiger partial charge on any atom is -0.477 e. The monoisotopic (exact) mass is 290 g/mol. The highest BCUT2D eigenvalue weighted by Gasteiger charge is 2.11. The number of aromatic nitrogens is 3. The number of nitrogens with one attached hydrogen (secondary N) is 2. The van der Waals surface area contributed by atoms with Crippen LogP contribution in [0.1, 0.15) is 28.2 Å². The number of nitrogens with zero attached hydrogens (tertiary/aromatic N) is 2. The van der Waals surface area contributed by atoms with Gasteiger partial charge < -0.3 is 15.0 Å². The number of H-pyrrole nitrogens is 1. The zero-order valence-electron chi connectivity index (χ0n) is 11.8. The van der Waals surface area contributed by atoms with E-state index in [2.05, 4.69) is 15.5 Å². The van der Waals surface area contributed by atoms with Gasteiger partial charge in [0, 0.05) is 18.4 Å². The molecule has 0 aliphatic heterocycles. The number of carboxylic acid groups (broad SMARTS) is 1. The molecule has 2 heterocycles. The second kappa shape index (κ2) is 6.74. The average Bonchev–Trinajstić information content (AvgIpc) is 3.04. The highest BCUT2D eigenvalue weighted by Crippen LogP contribution is 2.05. The van der Waals surface area contributed by atoms with Gasteiger partial charge >= 0.3 is 5.97 Å². The first-order valence-corrected chi connectivity index (χ1v) is 6.72. The van der Waals surface area contributed by atoms with E-state index < -0.39 is 5.97 Å². The van der Waals surface area contributed by atoms with Gasteiger partial charge in [-0.2, -0.15) is 5.10 Å². The smallest absolute Gasteiger partial charge is 0.352 e. The maximum absolute atomic E-state index is 11.8. The van der Waals surface area contributed by atoms with Gasteiger partial charge in [0.25, 0.3) is 0 Å².